The predicted molar refractivity (Wildman–Crippen MR) is 122 cm³/mol. The van der Waals surface area contributed by atoms with Gasteiger partial charge in [-0.25, -0.2) is 9.97 Å². The normalized spacial score (nSPS) is 12.2. The summed E-state index contributed by atoms with van der Waals surface area (Å²) in [4.78, 5) is 13.5. The van der Waals surface area contributed by atoms with Crippen molar-refractivity contribution < 1.29 is 19.5 Å². The number of rotatable bonds is 10. The summed E-state index contributed by atoms with van der Waals surface area (Å²) in [5.74, 6) is 2.46. The Morgan fingerprint density at radius 2 is 1.91 bits per heavy atom. The largest absolute Gasteiger partial charge is 0.490 e. The molecule has 2 aromatic heterocycles. The van der Waals surface area contributed by atoms with Crippen molar-refractivity contribution in [3.05, 3.63) is 35.0 Å². The van der Waals surface area contributed by atoms with Gasteiger partial charge in [0, 0.05) is 17.8 Å². The fourth-order valence-corrected chi connectivity index (χ4v) is 3.17. The first-order valence-electron chi connectivity index (χ1n) is 10.8. The molecule has 3 aromatic rings. The average molecular weight is 442 g/mol. The third kappa shape index (κ3) is 5.80. The Balaban J connectivity index is 1.87. The maximum atomic E-state index is 9.59. The van der Waals surface area contributed by atoms with Gasteiger partial charge in [0.1, 0.15) is 24.2 Å². The van der Waals surface area contributed by atoms with Crippen LogP contribution in [0.2, 0.25) is 0 Å². The molecule has 2 heterocycles. The zero-order chi connectivity index (χ0) is 23.3. The summed E-state index contributed by atoms with van der Waals surface area (Å²) < 4.78 is 11.3. The first-order chi connectivity index (χ1) is 15.3. The van der Waals surface area contributed by atoms with Crippen LogP contribution < -0.4 is 10.1 Å². The van der Waals surface area contributed by atoms with Gasteiger partial charge in [-0.1, -0.05) is 25.9 Å². The zero-order valence-electron chi connectivity index (χ0n) is 19.2. The van der Waals surface area contributed by atoms with Crippen molar-refractivity contribution >= 4 is 5.95 Å². The van der Waals surface area contributed by atoms with Gasteiger partial charge in [-0.15, -0.1) is 0 Å². The Morgan fingerprint density at radius 1 is 1.12 bits per heavy atom. The molecule has 0 bridgehead atoms. The van der Waals surface area contributed by atoms with Crippen molar-refractivity contribution in [1.29, 1.82) is 0 Å². The predicted octanol–water partition coefficient (Wildman–Crippen LogP) is 3.17. The molecule has 1 unspecified atom stereocenters. The Kier molecular flexibility index (Phi) is 7.76. The van der Waals surface area contributed by atoms with E-state index in [0.717, 1.165) is 35.3 Å². The molecule has 0 spiro atoms. The lowest BCUT2D eigenvalue weighted by Gasteiger charge is -2.16. The van der Waals surface area contributed by atoms with Gasteiger partial charge in [0.2, 0.25) is 11.8 Å². The Bertz CT molecular complexity index is 1050. The first-order valence-corrected chi connectivity index (χ1v) is 10.8. The van der Waals surface area contributed by atoms with Crippen LogP contribution >= 0.6 is 0 Å². The van der Waals surface area contributed by atoms with E-state index < -0.39 is 6.10 Å². The van der Waals surface area contributed by atoms with E-state index in [1.54, 1.807) is 0 Å². The van der Waals surface area contributed by atoms with Gasteiger partial charge in [0.05, 0.1) is 6.61 Å². The number of hydrogen-bond donors (Lipinski definition) is 3. The lowest BCUT2D eigenvalue weighted by molar-refractivity contribution is 0.0531. The van der Waals surface area contributed by atoms with Crippen molar-refractivity contribution in [2.45, 2.75) is 47.1 Å². The maximum absolute atomic E-state index is 9.59. The van der Waals surface area contributed by atoms with Crippen molar-refractivity contribution in [3.63, 3.8) is 0 Å². The van der Waals surface area contributed by atoms with Crippen LogP contribution in [0.25, 0.3) is 23.0 Å². The third-order valence-electron chi connectivity index (χ3n) is 4.79. The minimum atomic E-state index is -0.921. The summed E-state index contributed by atoms with van der Waals surface area (Å²) >= 11 is 0. The average Bonchev–Trinajstić information content (AvgIpc) is 3.26. The highest BCUT2D eigenvalue weighted by atomic mass is 16.5. The smallest absolute Gasteiger partial charge is 0.277 e. The second kappa shape index (κ2) is 10.5. The van der Waals surface area contributed by atoms with Gasteiger partial charge in [-0.3, -0.25) is 0 Å². The molecule has 9 heteroatoms. The van der Waals surface area contributed by atoms with Gasteiger partial charge in [0.25, 0.3) is 5.89 Å². The molecule has 1 atom stereocenters. The molecule has 0 aliphatic heterocycles. The van der Waals surface area contributed by atoms with Crippen molar-refractivity contribution in [3.8, 4) is 28.7 Å². The number of aryl methyl sites for hydroxylation is 3. The molecule has 0 fully saturated rings. The fraction of sp³-hybridized carbons (Fsp3) is 0.478. The van der Waals surface area contributed by atoms with Gasteiger partial charge in [-0.2, -0.15) is 4.98 Å². The summed E-state index contributed by atoms with van der Waals surface area (Å²) in [5.41, 5.74) is 4.00. The van der Waals surface area contributed by atoms with E-state index in [2.05, 4.69) is 39.3 Å². The Labute approximate surface area is 187 Å². The maximum Gasteiger partial charge on any atom is 0.277 e. The number of benzene rings is 1. The number of anilines is 1. The van der Waals surface area contributed by atoms with Gasteiger partial charge in [-0.05, 0) is 55.5 Å². The van der Waals surface area contributed by atoms with Crippen LogP contribution in [0, 0.1) is 19.8 Å². The second-order valence-corrected chi connectivity index (χ2v) is 8.20. The zero-order valence-corrected chi connectivity index (χ0v) is 19.2. The highest BCUT2D eigenvalue weighted by Gasteiger charge is 2.17. The van der Waals surface area contributed by atoms with E-state index in [9.17, 15) is 5.11 Å². The molecular weight excluding hydrogens is 410 g/mol. The number of aromatic nitrogens is 4. The van der Waals surface area contributed by atoms with E-state index >= 15 is 0 Å². The molecule has 9 nitrogen and oxygen atoms in total. The summed E-state index contributed by atoms with van der Waals surface area (Å²) in [6.07, 6.45) is -0.199. The van der Waals surface area contributed by atoms with Crippen LogP contribution in [0.3, 0.4) is 0 Å². The number of nitrogens with zero attached hydrogens (tertiary/aromatic N) is 4. The highest BCUT2D eigenvalue weighted by Crippen LogP contribution is 2.31. The third-order valence-corrected chi connectivity index (χ3v) is 4.79. The highest BCUT2D eigenvalue weighted by molar-refractivity contribution is 5.63. The molecule has 32 heavy (non-hydrogen) atoms. The molecule has 0 radical (unpaired) electrons. The summed E-state index contributed by atoms with van der Waals surface area (Å²) in [6.45, 7) is 10.5. The molecule has 0 saturated heterocycles. The molecule has 3 N–H and O–H groups in total. The molecule has 0 amide bonds. The van der Waals surface area contributed by atoms with Crippen LogP contribution in [-0.4, -0.2) is 56.2 Å². The lowest BCUT2D eigenvalue weighted by Crippen LogP contribution is -2.22. The van der Waals surface area contributed by atoms with Crippen LogP contribution in [-0.2, 0) is 6.42 Å². The quantitative estimate of drug-likeness (QED) is 0.435. The number of ether oxygens (including phenoxy) is 1. The minimum absolute atomic E-state index is 0.0241. The summed E-state index contributed by atoms with van der Waals surface area (Å²) in [6, 6.07) is 5.67. The van der Waals surface area contributed by atoms with Crippen molar-refractivity contribution in [2.75, 3.05) is 25.1 Å². The van der Waals surface area contributed by atoms with Crippen LogP contribution in [0.5, 0.6) is 5.75 Å². The second-order valence-electron chi connectivity index (χ2n) is 8.20. The van der Waals surface area contributed by atoms with Crippen molar-refractivity contribution in [1.82, 2.24) is 20.1 Å². The van der Waals surface area contributed by atoms with Crippen LogP contribution in [0.4, 0.5) is 5.95 Å². The Morgan fingerprint density at radius 3 is 2.59 bits per heavy atom. The lowest BCUT2D eigenvalue weighted by atomic mass is 10.0. The molecule has 0 aliphatic carbocycles. The standard InChI is InChI=1S/C23H31N5O4/c1-6-16-9-17(7-14(4)20(16)31-12-18(30)11-29)21-27-22(32-28-21)19-8-15(5)25-23(26-19)24-10-13(2)3/h7-9,13,18,29-30H,6,10-12H2,1-5H3,(H,24,25,26). The van der Waals surface area contributed by atoms with Gasteiger partial charge >= 0.3 is 0 Å². The van der Waals surface area contributed by atoms with E-state index in [-0.39, 0.29) is 13.2 Å². The van der Waals surface area contributed by atoms with Gasteiger partial charge in [0.15, 0.2) is 0 Å². The Hall–Kier alpha value is -3.04. The van der Waals surface area contributed by atoms with E-state index in [4.69, 9.17) is 14.4 Å². The number of hydrogen-bond acceptors (Lipinski definition) is 9. The molecule has 0 saturated carbocycles. The summed E-state index contributed by atoms with van der Waals surface area (Å²) in [7, 11) is 0. The summed E-state index contributed by atoms with van der Waals surface area (Å²) in [5, 5.41) is 26.0. The van der Waals surface area contributed by atoms with Crippen LogP contribution in [0.15, 0.2) is 22.7 Å². The molecular formula is C23H31N5O4. The van der Waals surface area contributed by atoms with E-state index in [0.29, 0.717) is 35.0 Å². The van der Waals surface area contributed by atoms with E-state index in [1.807, 2.05) is 39.0 Å². The first kappa shape index (κ1) is 23.6. The SMILES string of the molecule is CCc1cc(-c2noc(-c3cc(C)nc(NCC(C)C)n3)n2)cc(C)c1OCC(O)CO. The van der Waals surface area contributed by atoms with Crippen LogP contribution in [0.1, 0.15) is 37.6 Å². The fourth-order valence-electron chi connectivity index (χ4n) is 3.17. The monoisotopic (exact) mass is 441 g/mol. The topological polar surface area (TPSA) is 126 Å². The molecule has 3 rings (SSSR count). The number of nitrogens with one attached hydrogen (secondary N) is 1. The molecule has 172 valence electrons. The molecule has 1 aromatic carbocycles. The van der Waals surface area contributed by atoms with Crippen molar-refractivity contribution in [2.24, 2.45) is 5.92 Å². The van der Waals surface area contributed by atoms with E-state index in [1.165, 1.54) is 0 Å². The number of aliphatic hydroxyl groups excluding tert-OH is 2. The van der Waals surface area contributed by atoms with Gasteiger partial charge < -0.3 is 24.8 Å². The minimum Gasteiger partial charge on any atom is -0.490 e. The molecule has 0 aliphatic rings. The number of aliphatic hydroxyl groups is 2.